The summed E-state index contributed by atoms with van der Waals surface area (Å²) in [5.41, 5.74) is 1.09. The van der Waals surface area contributed by atoms with E-state index in [-0.39, 0.29) is 24.6 Å². The highest BCUT2D eigenvalue weighted by atomic mass is 19.1. The van der Waals surface area contributed by atoms with E-state index < -0.39 is 11.8 Å². The molecule has 0 aromatic heterocycles. The summed E-state index contributed by atoms with van der Waals surface area (Å²) < 4.78 is 14.5. The number of rotatable bonds is 4. The highest BCUT2D eigenvalue weighted by Crippen LogP contribution is 2.30. The van der Waals surface area contributed by atoms with Crippen LogP contribution in [0.2, 0.25) is 0 Å². The van der Waals surface area contributed by atoms with Gasteiger partial charge in [0, 0.05) is 31.7 Å². The van der Waals surface area contributed by atoms with Crippen molar-refractivity contribution >= 4 is 23.3 Å². The fourth-order valence-corrected chi connectivity index (χ4v) is 3.59. The number of carbonyl (C=O) groups is 2. The third-order valence-electron chi connectivity index (χ3n) is 4.95. The van der Waals surface area contributed by atoms with Gasteiger partial charge in [0.15, 0.2) is 0 Å². The van der Waals surface area contributed by atoms with Crippen molar-refractivity contribution in [3.63, 3.8) is 0 Å². The van der Waals surface area contributed by atoms with Crippen molar-refractivity contribution in [2.45, 2.75) is 39.0 Å². The van der Waals surface area contributed by atoms with Gasteiger partial charge in [0.05, 0.1) is 5.69 Å². The number of anilines is 2. The van der Waals surface area contributed by atoms with Crippen LogP contribution in [0, 0.1) is 11.7 Å². The Morgan fingerprint density at radius 1 is 1.21 bits per heavy atom. The van der Waals surface area contributed by atoms with Gasteiger partial charge in [0.1, 0.15) is 5.82 Å². The molecule has 2 fully saturated rings. The number of hydrogen-bond donors (Lipinski definition) is 1. The quantitative estimate of drug-likeness (QED) is 0.920. The predicted molar refractivity (Wildman–Crippen MR) is 91.7 cm³/mol. The summed E-state index contributed by atoms with van der Waals surface area (Å²) in [5.74, 6) is 0.0425. The smallest absolute Gasteiger partial charge is 0.328 e. The lowest BCUT2D eigenvalue weighted by molar-refractivity contribution is -0.120. The average Bonchev–Trinajstić information content (AvgIpc) is 2.56. The molecule has 1 aromatic rings. The molecule has 2 heterocycles. The molecule has 0 atom stereocenters. The fraction of sp³-hybridized carbons (Fsp3) is 0.556. The van der Waals surface area contributed by atoms with Gasteiger partial charge in [0.25, 0.3) is 0 Å². The Kier molecular flexibility index (Phi) is 5.02. The number of hydrogen-bond acceptors (Lipinski definition) is 3. The summed E-state index contributed by atoms with van der Waals surface area (Å²) in [5, 5.41) is 2.22. The molecule has 1 aromatic carbocycles. The number of benzene rings is 1. The SMILES string of the molecule is CCCC1CCN(c2ccc(N3CCC(=O)NC3=O)c(F)c2)CC1. The van der Waals surface area contributed by atoms with Crippen LogP contribution in [0.25, 0.3) is 0 Å². The van der Waals surface area contributed by atoms with Gasteiger partial charge < -0.3 is 4.90 Å². The van der Waals surface area contributed by atoms with Gasteiger partial charge in [-0.25, -0.2) is 9.18 Å². The number of amides is 3. The first kappa shape index (κ1) is 16.7. The molecule has 0 unspecified atom stereocenters. The van der Waals surface area contributed by atoms with Crippen LogP contribution in [-0.2, 0) is 4.79 Å². The van der Waals surface area contributed by atoms with Crippen LogP contribution in [0.4, 0.5) is 20.6 Å². The second kappa shape index (κ2) is 7.20. The van der Waals surface area contributed by atoms with E-state index in [1.54, 1.807) is 6.07 Å². The molecule has 0 aliphatic carbocycles. The highest BCUT2D eigenvalue weighted by molar-refractivity contribution is 6.05. The van der Waals surface area contributed by atoms with E-state index in [4.69, 9.17) is 0 Å². The Labute approximate surface area is 141 Å². The minimum Gasteiger partial charge on any atom is -0.371 e. The molecule has 0 saturated carbocycles. The third kappa shape index (κ3) is 3.52. The first-order valence-electron chi connectivity index (χ1n) is 8.74. The van der Waals surface area contributed by atoms with Crippen molar-refractivity contribution < 1.29 is 14.0 Å². The Balaban J connectivity index is 1.69. The molecule has 2 aliphatic heterocycles. The molecule has 3 amide bonds. The predicted octanol–water partition coefficient (Wildman–Crippen LogP) is 3.29. The first-order valence-corrected chi connectivity index (χ1v) is 8.74. The zero-order chi connectivity index (χ0) is 17.1. The van der Waals surface area contributed by atoms with Crippen molar-refractivity contribution in [1.29, 1.82) is 0 Å². The van der Waals surface area contributed by atoms with Crippen LogP contribution in [0.3, 0.4) is 0 Å². The molecule has 3 rings (SSSR count). The molecule has 0 radical (unpaired) electrons. The summed E-state index contributed by atoms with van der Waals surface area (Å²) >= 11 is 0. The lowest BCUT2D eigenvalue weighted by atomic mass is 9.92. The maximum atomic E-state index is 14.5. The Bertz CT molecular complexity index is 627. The summed E-state index contributed by atoms with van der Waals surface area (Å²) in [6.07, 6.45) is 4.97. The van der Waals surface area contributed by atoms with Gasteiger partial charge in [-0.3, -0.25) is 15.0 Å². The number of urea groups is 1. The largest absolute Gasteiger partial charge is 0.371 e. The number of carbonyl (C=O) groups excluding carboxylic acids is 2. The van der Waals surface area contributed by atoms with Crippen LogP contribution in [0.15, 0.2) is 18.2 Å². The number of imide groups is 1. The summed E-state index contributed by atoms with van der Waals surface area (Å²) in [6, 6.07) is 4.44. The number of halogens is 1. The molecule has 6 heteroatoms. The van der Waals surface area contributed by atoms with E-state index in [9.17, 15) is 14.0 Å². The molecular formula is C18H24FN3O2. The minimum atomic E-state index is -0.557. The molecule has 2 aliphatic rings. The normalized spacial score (nSPS) is 19.6. The van der Waals surface area contributed by atoms with Gasteiger partial charge in [-0.1, -0.05) is 19.8 Å². The Hall–Kier alpha value is -2.11. The van der Waals surface area contributed by atoms with Crippen LogP contribution >= 0.6 is 0 Å². The van der Waals surface area contributed by atoms with E-state index in [1.165, 1.54) is 23.8 Å². The second-order valence-electron chi connectivity index (χ2n) is 6.61. The van der Waals surface area contributed by atoms with Gasteiger partial charge in [-0.05, 0) is 37.0 Å². The van der Waals surface area contributed by atoms with Crippen molar-refractivity contribution in [3.05, 3.63) is 24.0 Å². The molecule has 2 saturated heterocycles. The lowest BCUT2D eigenvalue weighted by Crippen LogP contribution is -2.49. The Morgan fingerprint density at radius 3 is 2.58 bits per heavy atom. The maximum Gasteiger partial charge on any atom is 0.328 e. The molecule has 24 heavy (non-hydrogen) atoms. The molecule has 1 N–H and O–H groups in total. The second-order valence-corrected chi connectivity index (χ2v) is 6.61. The van der Waals surface area contributed by atoms with E-state index in [0.717, 1.165) is 37.5 Å². The van der Waals surface area contributed by atoms with Gasteiger partial charge in [0.2, 0.25) is 5.91 Å². The molecule has 0 bridgehead atoms. The fourth-order valence-electron chi connectivity index (χ4n) is 3.59. The van der Waals surface area contributed by atoms with E-state index in [1.807, 2.05) is 6.07 Å². The van der Waals surface area contributed by atoms with Gasteiger partial charge in [-0.15, -0.1) is 0 Å². The van der Waals surface area contributed by atoms with Crippen LogP contribution < -0.4 is 15.1 Å². The highest BCUT2D eigenvalue weighted by Gasteiger charge is 2.27. The van der Waals surface area contributed by atoms with Crippen LogP contribution in [0.1, 0.15) is 39.0 Å². The first-order chi connectivity index (χ1) is 11.6. The number of nitrogens with one attached hydrogen (secondary N) is 1. The maximum absolute atomic E-state index is 14.5. The average molecular weight is 333 g/mol. The monoisotopic (exact) mass is 333 g/mol. The van der Waals surface area contributed by atoms with E-state index >= 15 is 0 Å². The van der Waals surface area contributed by atoms with Crippen LogP contribution in [0.5, 0.6) is 0 Å². The number of piperidine rings is 1. The number of nitrogens with zero attached hydrogens (tertiary/aromatic N) is 2. The van der Waals surface area contributed by atoms with E-state index in [0.29, 0.717) is 0 Å². The Morgan fingerprint density at radius 2 is 1.96 bits per heavy atom. The van der Waals surface area contributed by atoms with Gasteiger partial charge in [-0.2, -0.15) is 0 Å². The molecule has 5 nitrogen and oxygen atoms in total. The van der Waals surface area contributed by atoms with Crippen LogP contribution in [-0.4, -0.2) is 31.6 Å². The van der Waals surface area contributed by atoms with Crippen molar-refractivity contribution in [2.75, 3.05) is 29.4 Å². The zero-order valence-electron chi connectivity index (χ0n) is 14.1. The lowest BCUT2D eigenvalue weighted by Gasteiger charge is -2.34. The molecular weight excluding hydrogens is 309 g/mol. The van der Waals surface area contributed by atoms with Crippen molar-refractivity contribution in [3.8, 4) is 0 Å². The third-order valence-corrected chi connectivity index (χ3v) is 4.95. The zero-order valence-corrected chi connectivity index (χ0v) is 14.1. The summed E-state index contributed by atoms with van der Waals surface area (Å²) in [7, 11) is 0. The van der Waals surface area contributed by atoms with Gasteiger partial charge >= 0.3 is 6.03 Å². The standard InChI is InChI=1S/C18H24FN3O2/c1-2-3-13-6-9-21(10-7-13)14-4-5-16(15(19)12-14)22-11-8-17(23)20-18(22)24/h4-5,12-13H,2-3,6-11H2,1H3,(H,20,23,24). The molecule has 0 spiro atoms. The van der Waals surface area contributed by atoms with Crippen molar-refractivity contribution in [1.82, 2.24) is 5.32 Å². The van der Waals surface area contributed by atoms with E-state index in [2.05, 4.69) is 17.1 Å². The minimum absolute atomic E-state index is 0.192. The van der Waals surface area contributed by atoms with Crippen molar-refractivity contribution in [2.24, 2.45) is 5.92 Å². The summed E-state index contributed by atoms with van der Waals surface area (Å²) in [6.45, 7) is 4.32. The topological polar surface area (TPSA) is 52.6 Å². The molecule has 130 valence electrons. The summed E-state index contributed by atoms with van der Waals surface area (Å²) in [4.78, 5) is 26.6.